The van der Waals surface area contributed by atoms with E-state index in [4.69, 9.17) is 16.7 Å². The summed E-state index contributed by atoms with van der Waals surface area (Å²) in [5.74, 6) is 1.11. The van der Waals surface area contributed by atoms with E-state index in [9.17, 15) is 9.59 Å². The first-order chi connectivity index (χ1) is 22.3. The lowest BCUT2D eigenvalue weighted by molar-refractivity contribution is -0.114. The van der Waals surface area contributed by atoms with Crippen LogP contribution < -0.4 is 10.6 Å². The first-order valence-electron chi connectivity index (χ1n) is 16.5. The molecule has 0 unspecified atom stereocenters. The molecule has 3 aromatic heterocycles. The second-order valence-corrected chi connectivity index (χ2v) is 13.5. The summed E-state index contributed by atoms with van der Waals surface area (Å²) in [6.45, 7) is 8.21. The molecular formula is C36H47ClN6O2S. The van der Waals surface area contributed by atoms with Gasteiger partial charge in [-0.1, -0.05) is 82.2 Å². The van der Waals surface area contributed by atoms with Crippen LogP contribution in [0, 0.1) is 11.8 Å². The zero-order valence-electron chi connectivity index (χ0n) is 27.7. The number of hydrogen-bond acceptors (Lipinski definition) is 7. The van der Waals surface area contributed by atoms with Crippen molar-refractivity contribution >= 4 is 46.0 Å². The minimum atomic E-state index is -0.137. The Kier molecular flexibility index (Phi) is 13.3. The topological polar surface area (TPSA) is 102 Å². The molecule has 1 aromatic carbocycles. The molecule has 46 heavy (non-hydrogen) atoms. The highest BCUT2D eigenvalue weighted by atomic mass is 35.5. The Hall–Kier alpha value is -3.56. The van der Waals surface area contributed by atoms with Crippen LogP contribution >= 0.6 is 22.9 Å². The molecule has 1 amide bonds. The van der Waals surface area contributed by atoms with Crippen LogP contribution in [0.1, 0.15) is 90.3 Å². The molecule has 246 valence electrons. The largest absolute Gasteiger partial charge is 0.388 e. The maximum absolute atomic E-state index is 11.6. The van der Waals surface area contributed by atoms with Crippen molar-refractivity contribution in [2.45, 2.75) is 91.9 Å². The summed E-state index contributed by atoms with van der Waals surface area (Å²) in [6, 6.07) is 9.73. The van der Waals surface area contributed by atoms with E-state index in [2.05, 4.69) is 41.4 Å². The highest BCUT2D eigenvalue weighted by Crippen LogP contribution is 2.44. The molecular weight excluding hydrogens is 616 g/mol. The zero-order valence-corrected chi connectivity index (χ0v) is 29.3. The fourth-order valence-electron chi connectivity index (χ4n) is 5.74. The number of pyridine rings is 1. The van der Waals surface area contributed by atoms with Crippen molar-refractivity contribution in [2.75, 3.05) is 17.7 Å². The summed E-state index contributed by atoms with van der Waals surface area (Å²) in [5, 5.41) is 12.1. The number of amides is 1. The summed E-state index contributed by atoms with van der Waals surface area (Å²) in [4.78, 5) is 31.7. The highest BCUT2D eigenvalue weighted by molar-refractivity contribution is 7.19. The van der Waals surface area contributed by atoms with Gasteiger partial charge in [0.25, 0.3) is 0 Å². The van der Waals surface area contributed by atoms with Gasteiger partial charge in [0.2, 0.25) is 5.91 Å². The summed E-state index contributed by atoms with van der Waals surface area (Å²) >= 11 is 8.12. The van der Waals surface area contributed by atoms with Crippen molar-refractivity contribution in [2.24, 2.45) is 11.8 Å². The summed E-state index contributed by atoms with van der Waals surface area (Å²) < 4.78 is 1.90. The number of nitrogens with zero attached hydrogens (tertiary/aromatic N) is 4. The molecule has 6 rings (SSSR count). The van der Waals surface area contributed by atoms with Crippen LogP contribution in [0.4, 0.5) is 10.8 Å². The quantitative estimate of drug-likeness (QED) is 0.144. The van der Waals surface area contributed by atoms with E-state index in [-0.39, 0.29) is 5.91 Å². The average Bonchev–Trinajstić information content (AvgIpc) is 3.66. The minimum absolute atomic E-state index is 0.137. The summed E-state index contributed by atoms with van der Waals surface area (Å²) in [5.41, 5.74) is 6.61. The van der Waals surface area contributed by atoms with E-state index in [0.29, 0.717) is 16.1 Å². The molecule has 0 radical (unpaired) electrons. The molecule has 1 saturated carbocycles. The van der Waals surface area contributed by atoms with Gasteiger partial charge in [-0.25, -0.2) is 9.67 Å². The molecule has 2 N–H and O–H groups in total. The summed E-state index contributed by atoms with van der Waals surface area (Å²) in [7, 11) is 1.86. The number of thiazole rings is 1. The van der Waals surface area contributed by atoms with Gasteiger partial charge in [0.05, 0.1) is 32.7 Å². The molecule has 0 spiro atoms. The van der Waals surface area contributed by atoms with Crippen LogP contribution in [0.5, 0.6) is 0 Å². The Balaban J connectivity index is 0.000000265. The van der Waals surface area contributed by atoms with E-state index in [0.717, 1.165) is 82.3 Å². The minimum Gasteiger partial charge on any atom is -0.388 e. The Bertz CT molecular complexity index is 1570. The SMILES string of the molecule is CC1CCC(C=O)CC1.CCCCCC.CNc1ccc(-n2nc(-c3cccnc3)c3c2-c2sc(NC(C)=O)nc2CC3)c(Cl)c1. The van der Waals surface area contributed by atoms with Crippen molar-refractivity contribution in [3.8, 4) is 27.5 Å². The van der Waals surface area contributed by atoms with Crippen LogP contribution in [-0.2, 0) is 22.4 Å². The van der Waals surface area contributed by atoms with Crippen molar-refractivity contribution in [3.63, 3.8) is 0 Å². The molecule has 0 saturated heterocycles. The van der Waals surface area contributed by atoms with Crippen molar-refractivity contribution in [1.29, 1.82) is 0 Å². The predicted molar refractivity (Wildman–Crippen MR) is 191 cm³/mol. The van der Waals surface area contributed by atoms with Gasteiger partial charge in [0.1, 0.15) is 6.29 Å². The molecule has 0 atom stereocenters. The van der Waals surface area contributed by atoms with Crippen LogP contribution in [0.15, 0.2) is 42.7 Å². The Morgan fingerprint density at radius 1 is 1.11 bits per heavy atom. The second kappa shape index (κ2) is 17.4. The van der Waals surface area contributed by atoms with E-state index in [1.54, 1.807) is 6.20 Å². The number of rotatable bonds is 8. The number of unbranched alkanes of at least 4 members (excludes halogenated alkanes) is 3. The van der Waals surface area contributed by atoms with Crippen LogP contribution in [-0.4, -0.2) is 39.0 Å². The molecule has 0 bridgehead atoms. The number of benzene rings is 1. The maximum Gasteiger partial charge on any atom is 0.223 e. The standard InChI is InChI=1S/C22H19ClN6OS.C8H14O.C6H14/c1-12(30)26-22-27-17-7-6-15-19(13-4-3-9-25-11-13)28-29(20(15)21(17)31-22)18-8-5-14(24-2)10-16(18)23;1-7-2-4-8(6-9)5-3-7;1-3-5-6-4-2/h3-5,8-11,24H,6-7H2,1-2H3,(H,26,27,30);6-8H,2-5H2,1H3;3-6H2,1-2H3. The molecule has 2 aliphatic rings. The number of nitrogens with one attached hydrogen (secondary N) is 2. The lowest BCUT2D eigenvalue weighted by atomic mass is 9.84. The third-order valence-electron chi connectivity index (χ3n) is 8.40. The third-order valence-corrected chi connectivity index (χ3v) is 9.72. The van der Waals surface area contributed by atoms with Gasteiger partial charge >= 0.3 is 0 Å². The van der Waals surface area contributed by atoms with E-state index < -0.39 is 0 Å². The lowest BCUT2D eigenvalue weighted by Crippen LogP contribution is -2.12. The number of aldehydes is 1. The molecule has 0 aliphatic heterocycles. The number of halogens is 1. The Morgan fingerprint density at radius 3 is 2.43 bits per heavy atom. The van der Waals surface area contributed by atoms with Crippen molar-refractivity contribution < 1.29 is 9.59 Å². The van der Waals surface area contributed by atoms with E-state index in [1.165, 1.54) is 56.8 Å². The average molecular weight is 663 g/mol. The molecule has 10 heteroatoms. The zero-order chi connectivity index (χ0) is 33.1. The van der Waals surface area contributed by atoms with Gasteiger partial charge in [-0.05, 0) is 61.9 Å². The normalized spacial score (nSPS) is 16.5. The number of carbonyl (C=O) groups excluding carboxylic acids is 2. The first-order valence-corrected chi connectivity index (χ1v) is 17.7. The van der Waals surface area contributed by atoms with Gasteiger partial charge < -0.3 is 15.4 Å². The number of fused-ring (bicyclic) bond motifs is 3. The van der Waals surface area contributed by atoms with E-state index in [1.807, 2.05) is 48.3 Å². The molecule has 8 nitrogen and oxygen atoms in total. The van der Waals surface area contributed by atoms with Crippen LogP contribution in [0.2, 0.25) is 5.02 Å². The van der Waals surface area contributed by atoms with Gasteiger partial charge in [-0.15, -0.1) is 0 Å². The Labute approximate surface area is 282 Å². The lowest BCUT2D eigenvalue weighted by Gasteiger charge is -2.21. The molecule has 2 aliphatic carbocycles. The number of hydrogen-bond donors (Lipinski definition) is 2. The molecule has 4 aromatic rings. The third kappa shape index (κ3) is 9.04. The number of aryl methyl sites for hydroxylation is 1. The Morgan fingerprint density at radius 2 is 1.85 bits per heavy atom. The van der Waals surface area contributed by atoms with Gasteiger partial charge in [0.15, 0.2) is 5.13 Å². The molecule has 3 heterocycles. The fraction of sp³-hybridized carbons (Fsp3) is 0.472. The molecule has 1 fully saturated rings. The smallest absolute Gasteiger partial charge is 0.223 e. The van der Waals surface area contributed by atoms with Gasteiger partial charge in [-0.2, -0.15) is 5.10 Å². The van der Waals surface area contributed by atoms with Gasteiger partial charge in [0, 0.05) is 49.1 Å². The highest BCUT2D eigenvalue weighted by Gasteiger charge is 2.30. The predicted octanol–water partition coefficient (Wildman–Crippen LogP) is 9.41. The second-order valence-electron chi connectivity index (χ2n) is 12.1. The van der Waals surface area contributed by atoms with Crippen LogP contribution in [0.3, 0.4) is 0 Å². The van der Waals surface area contributed by atoms with Crippen LogP contribution in [0.25, 0.3) is 27.5 Å². The van der Waals surface area contributed by atoms with E-state index >= 15 is 0 Å². The van der Waals surface area contributed by atoms with Crippen molar-refractivity contribution in [3.05, 3.63) is 59.0 Å². The maximum atomic E-state index is 11.6. The number of aromatic nitrogens is 4. The van der Waals surface area contributed by atoms with Gasteiger partial charge in [-0.3, -0.25) is 9.78 Å². The number of anilines is 2. The number of carbonyl (C=O) groups is 2. The summed E-state index contributed by atoms with van der Waals surface area (Å²) in [6.07, 6.45) is 16.6. The van der Waals surface area contributed by atoms with Crippen molar-refractivity contribution in [1.82, 2.24) is 19.7 Å². The monoisotopic (exact) mass is 662 g/mol. The fourth-order valence-corrected chi connectivity index (χ4v) is 7.12. The first kappa shape index (κ1) is 35.3.